The molecule has 3 nitrogen and oxygen atoms in total. The summed E-state index contributed by atoms with van der Waals surface area (Å²) in [6.07, 6.45) is 2.80. The number of halogens is 1. The van der Waals surface area contributed by atoms with Gasteiger partial charge in [-0.25, -0.2) is 0 Å². The first-order chi connectivity index (χ1) is 9.60. The standard InChI is InChI=1S/C16H21ClN2O/c1-12(14-4-3-5-15(17)9-14)8-16(20)19-7-6-13(11-19)10-18-2/h3-5,8-9,13,18H,6-7,10-11H2,1-2H3/b12-8-. The van der Waals surface area contributed by atoms with E-state index in [2.05, 4.69) is 5.32 Å². The van der Waals surface area contributed by atoms with Crippen molar-refractivity contribution in [3.05, 3.63) is 40.9 Å². The lowest BCUT2D eigenvalue weighted by atomic mass is 10.1. The number of allylic oxidation sites excluding steroid dienone is 1. The zero-order chi connectivity index (χ0) is 14.5. The summed E-state index contributed by atoms with van der Waals surface area (Å²) in [6, 6.07) is 7.59. The number of carbonyl (C=O) groups is 1. The van der Waals surface area contributed by atoms with Gasteiger partial charge in [0.25, 0.3) is 0 Å². The molecule has 0 aliphatic carbocycles. The molecule has 0 saturated carbocycles. The highest BCUT2D eigenvalue weighted by molar-refractivity contribution is 6.30. The average Bonchev–Trinajstić information content (AvgIpc) is 2.88. The average molecular weight is 293 g/mol. The SMILES string of the molecule is CNCC1CCN(C(=O)/C=C(/C)c2cccc(Cl)c2)C1. The molecule has 1 heterocycles. The van der Waals surface area contributed by atoms with Crippen LogP contribution >= 0.6 is 11.6 Å². The Bertz CT molecular complexity index is 513. The van der Waals surface area contributed by atoms with Crippen molar-refractivity contribution in [1.82, 2.24) is 10.2 Å². The Balaban J connectivity index is 2.01. The summed E-state index contributed by atoms with van der Waals surface area (Å²) < 4.78 is 0. The zero-order valence-corrected chi connectivity index (χ0v) is 12.8. The molecule has 20 heavy (non-hydrogen) atoms. The monoisotopic (exact) mass is 292 g/mol. The van der Waals surface area contributed by atoms with Crippen LogP contribution in [0, 0.1) is 5.92 Å². The number of hydrogen-bond donors (Lipinski definition) is 1. The molecule has 4 heteroatoms. The van der Waals surface area contributed by atoms with E-state index in [0.29, 0.717) is 10.9 Å². The second-order valence-corrected chi connectivity index (χ2v) is 5.77. The maximum Gasteiger partial charge on any atom is 0.246 e. The number of carbonyl (C=O) groups excluding carboxylic acids is 1. The van der Waals surface area contributed by atoms with E-state index in [1.54, 1.807) is 6.08 Å². The van der Waals surface area contributed by atoms with Crippen molar-refractivity contribution < 1.29 is 4.79 Å². The van der Waals surface area contributed by atoms with Gasteiger partial charge in [0.15, 0.2) is 0 Å². The van der Waals surface area contributed by atoms with E-state index in [0.717, 1.165) is 37.2 Å². The third-order valence-electron chi connectivity index (χ3n) is 3.71. The second-order valence-electron chi connectivity index (χ2n) is 5.33. The first-order valence-electron chi connectivity index (χ1n) is 6.98. The van der Waals surface area contributed by atoms with Crippen LogP contribution in [-0.4, -0.2) is 37.5 Å². The molecule has 1 aromatic rings. The van der Waals surface area contributed by atoms with E-state index in [-0.39, 0.29) is 5.91 Å². The molecule has 0 bridgehead atoms. The van der Waals surface area contributed by atoms with E-state index in [1.807, 2.05) is 43.1 Å². The summed E-state index contributed by atoms with van der Waals surface area (Å²) in [5.74, 6) is 0.671. The molecule has 2 rings (SSSR count). The Morgan fingerprint density at radius 1 is 1.55 bits per heavy atom. The summed E-state index contributed by atoms with van der Waals surface area (Å²) in [4.78, 5) is 14.2. The molecule has 1 unspecified atom stereocenters. The normalized spacial score (nSPS) is 19.4. The van der Waals surface area contributed by atoms with E-state index in [1.165, 1.54) is 0 Å². The molecule has 0 aromatic heterocycles. The molecule has 1 amide bonds. The lowest BCUT2D eigenvalue weighted by Crippen LogP contribution is -2.29. The van der Waals surface area contributed by atoms with Crippen molar-refractivity contribution in [2.45, 2.75) is 13.3 Å². The third kappa shape index (κ3) is 3.84. The molecule has 1 aliphatic rings. The minimum Gasteiger partial charge on any atom is -0.339 e. The molecule has 108 valence electrons. The highest BCUT2D eigenvalue weighted by atomic mass is 35.5. The smallest absolute Gasteiger partial charge is 0.246 e. The molecule has 1 atom stereocenters. The van der Waals surface area contributed by atoms with Gasteiger partial charge >= 0.3 is 0 Å². The van der Waals surface area contributed by atoms with Crippen LogP contribution < -0.4 is 5.32 Å². The van der Waals surface area contributed by atoms with Crippen molar-refractivity contribution in [2.75, 3.05) is 26.7 Å². The first-order valence-corrected chi connectivity index (χ1v) is 7.35. The van der Waals surface area contributed by atoms with Crippen LogP contribution in [0.25, 0.3) is 5.57 Å². The number of nitrogens with zero attached hydrogens (tertiary/aromatic N) is 1. The summed E-state index contributed by atoms with van der Waals surface area (Å²) in [5, 5.41) is 3.87. The first kappa shape index (κ1) is 15.1. The number of rotatable bonds is 4. The molecule has 1 aliphatic heterocycles. The molecule has 1 saturated heterocycles. The lowest BCUT2D eigenvalue weighted by Gasteiger charge is -2.15. The molecular weight excluding hydrogens is 272 g/mol. The highest BCUT2D eigenvalue weighted by Gasteiger charge is 2.24. The predicted molar refractivity (Wildman–Crippen MR) is 83.7 cm³/mol. The predicted octanol–water partition coefficient (Wildman–Crippen LogP) is 2.81. The van der Waals surface area contributed by atoms with Gasteiger partial charge in [0, 0.05) is 24.2 Å². The van der Waals surface area contributed by atoms with Crippen LogP contribution in [0.4, 0.5) is 0 Å². The fourth-order valence-corrected chi connectivity index (χ4v) is 2.77. The van der Waals surface area contributed by atoms with Gasteiger partial charge in [0.2, 0.25) is 5.91 Å². The second kappa shape index (κ2) is 6.91. The van der Waals surface area contributed by atoms with Gasteiger partial charge in [-0.3, -0.25) is 4.79 Å². The van der Waals surface area contributed by atoms with Crippen molar-refractivity contribution in [1.29, 1.82) is 0 Å². The number of benzene rings is 1. The number of nitrogens with one attached hydrogen (secondary N) is 1. The Hall–Kier alpha value is -1.32. The van der Waals surface area contributed by atoms with Crippen LogP contribution in [0.2, 0.25) is 5.02 Å². The largest absolute Gasteiger partial charge is 0.339 e. The van der Waals surface area contributed by atoms with Gasteiger partial charge in [-0.15, -0.1) is 0 Å². The van der Waals surface area contributed by atoms with Crippen LogP contribution in [0.3, 0.4) is 0 Å². The van der Waals surface area contributed by atoms with Gasteiger partial charge in [0.05, 0.1) is 0 Å². The summed E-state index contributed by atoms with van der Waals surface area (Å²) in [6.45, 7) is 4.62. The molecular formula is C16H21ClN2O. The van der Waals surface area contributed by atoms with Crippen molar-refractivity contribution in [3.63, 3.8) is 0 Å². The summed E-state index contributed by atoms with van der Waals surface area (Å²) in [7, 11) is 1.95. The summed E-state index contributed by atoms with van der Waals surface area (Å²) in [5.41, 5.74) is 1.95. The van der Waals surface area contributed by atoms with Crippen molar-refractivity contribution >= 4 is 23.1 Å². The van der Waals surface area contributed by atoms with E-state index in [4.69, 9.17) is 11.6 Å². The van der Waals surface area contributed by atoms with E-state index < -0.39 is 0 Å². The molecule has 0 spiro atoms. The number of likely N-dealkylation sites (tertiary alicyclic amines) is 1. The lowest BCUT2D eigenvalue weighted by molar-refractivity contribution is -0.125. The fourth-order valence-electron chi connectivity index (χ4n) is 2.58. The zero-order valence-electron chi connectivity index (χ0n) is 12.0. The Labute approximate surface area is 125 Å². The fraction of sp³-hybridized carbons (Fsp3) is 0.438. The van der Waals surface area contributed by atoms with Crippen LogP contribution in [0.5, 0.6) is 0 Å². The van der Waals surface area contributed by atoms with Crippen molar-refractivity contribution in [3.8, 4) is 0 Å². The van der Waals surface area contributed by atoms with Crippen LogP contribution in [-0.2, 0) is 4.79 Å². The molecule has 1 N–H and O–H groups in total. The van der Waals surface area contributed by atoms with Crippen LogP contribution in [0.15, 0.2) is 30.3 Å². The molecule has 1 fully saturated rings. The van der Waals surface area contributed by atoms with E-state index >= 15 is 0 Å². The number of amides is 1. The third-order valence-corrected chi connectivity index (χ3v) is 3.95. The molecule has 1 aromatic carbocycles. The van der Waals surface area contributed by atoms with Gasteiger partial charge in [-0.05, 0) is 56.1 Å². The Morgan fingerprint density at radius 3 is 3.05 bits per heavy atom. The molecule has 0 radical (unpaired) electrons. The maximum atomic E-state index is 12.3. The summed E-state index contributed by atoms with van der Waals surface area (Å²) >= 11 is 5.98. The van der Waals surface area contributed by atoms with Gasteiger partial charge in [0.1, 0.15) is 0 Å². The van der Waals surface area contributed by atoms with Crippen LogP contribution in [0.1, 0.15) is 18.9 Å². The van der Waals surface area contributed by atoms with E-state index in [9.17, 15) is 4.79 Å². The van der Waals surface area contributed by atoms with Gasteiger partial charge in [-0.2, -0.15) is 0 Å². The Morgan fingerprint density at radius 2 is 2.35 bits per heavy atom. The Kier molecular flexibility index (Phi) is 5.21. The van der Waals surface area contributed by atoms with Crippen molar-refractivity contribution in [2.24, 2.45) is 5.92 Å². The number of hydrogen-bond acceptors (Lipinski definition) is 2. The topological polar surface area (TPSA) is 32.3 Å². The van der Waals surface area contributed by atoms with Gasteiger partial charge < -0.3 is 10.2 Å². The maximum absolute atomic E-state index is 12.3. The minimum atomic E-state index is 0.0982. The van der Waals surface area contributed by atoms with Gasteiger partial charge in [-0.1, -0.05) is 23.7 Å². The quantitative estimate of drug-likeness (QED) is 0.866. The highest BCUT2D eigenvalue weighted by Crippen LogP contribution is 2.20. The minimum absolute atomic E-state index is 0.0982.